The number of anilines is 1. The smallest absolute Gasteiger partial charge is 0.264 e. The van der Waals surface area contributed by atoms with Gasteiger partial charge in [0.25, 0.3) is 10.0 Å². The van der Waals surface area contributed by atoms with E-state index in [9.17, 15) is 18.0 Å². The number of sulfonamides is 1. The van der Waals surface area contributed by atoms with Gasteiger partial charge in [-0.2, -0.15) is 0 Å². The van der Waals surface area contributed by atoms with Crippen LogP contribution in [0.4, 0.5) is 10.1 Å². The molecule has 0 saturated heterocycles. The molecule has 5 rings (SSSR count). The number of carbonyl (C=O) groups excluding carboxylic acids is 2. The number of halogens is 3. The van der Waals surface area contributed by atoms with Crippen LogP contribution in [-0.2, 0) is 32.6 Å². The van der Waals surface area contributed by atoms with Crippen LogP contribution in [0.1, 0.15) is 48.8 Å². The van der Waals surface area contributed by atoms with Gasteiger partial charge in [0.05, 0.1) is 20.6 Å². The van der Waals surface area contributed by atoms with E-state index in [4.69, 9.17) is 23.2 Å². The number of amides is 2. The summed E-state index contributed by atoms with van der Waals surface area (Å²) in [6.07, 6.45) is 4.86. The summed E-state index contributed by atoms with van der Waals surface area (Å²) in [7, 11) is -4.33. The fraction of sp³-hybridized carbons (Fsp3) is 0.297. The number of aryl methyl sites for hydroxylation is 1. The minimum absolute atomic E-state index is 0.0384. The summed E-state index contributed by atoms with van der Waals surface area (Å²) in [5.74, 6) is -1.62. The Morgan fingerprint density at radius 2 is 1.54 bits per heavy atom. The molecule has 2 amide bonds. The number of hydrogen-bond donors (Lipinski definition) is 1. The summed E-state index contributed by atoms with van der Waals surface area (Å²) >= 11 is 12.5. The molecule has 11 heteroatoms. The Bertz CT molecular complexity index is 1840. The van der Waals surface area contributed by atoms with Crippen molar-refractivity contribution in [1.82, 2.24) is 10.2 Å². The van der Waals surface area contributed by atoms with Crippen molar-refractivity contribution < 1.29 is 22.4 Å². The van der Waals surface area contributed by atoms with E-state index >= 15 is 4.39 Å². The Morgan fingerprint density at radius 1 is 0.875 bits per heavy atom. The topological polar surface area (TPSA) is 86.8 Å². The molecule has 1 aliphatic rings. The molecule has 0 aliphatic heterocycles. The molecule has 1 fully saturated rings. The van der Waals surface area contributed by atoms with Gasteiger partial charge < -0.3 is 10.2 Å². The van der Waals surface area contributed by atoms with Crippen molar-refractivity contribution >= 4 is 50.7 Å². The SMILES string of the molecule is Cc1ccc(S(=O)(=O)N(CC(=O)N(Cc2ccccc2F)C(Cc2ccccc2)C(=O)NC2CCCCC2)c2ccc(Cl)c(Cl)c2)cc1. The van der Waals surface area contributed by atoms with Crippen molar-refractivity contribution in [2.45, 2.75) is 69.0 Å². The van der Waals surface area contributed by atoms with E-state index in [1.807, 2.05) is 37.3 Å². The highest BCUT2D eigenvalue weighted by Gasteiger charge is 2.36. The lowest BCUT2D eigenvalue weighted by Gasteiger charge is -2.35. The quantitative estimate of drug-likeness (QED) is 0.163. The van der Waals surface area contributed by atoms with Gasteiger partial charge in [-0.25, -0.2) is 12.8 Å². The van der Waals surface area contributed by atoms with Gasteiger partial charge in [-0.1, -0.05) is 109 Å². The van der Waals surface area contributed by atoms with Crippen molar-refractivity contribution in [3.63, 3.8) is 0 Å². The minimum Gasteiger partial charge on any atom is -0.352 e. The molecule has 0 spiro atoms. The highest BCUT2D eigenvalue weighted by molar-refractivity contribution is 7.92. The highest BCUT2D eigenvalue weighted by atomic mass is 35.5. The molecule has 4 aromatic carbocycles. The number of hydrogen-bond acceptors (Lipinski definition) is 4. The summed E-state index contributed by atoms with van der Waals surface area (Å²) in [4.78, 5) is 30.0. The molecular weight excluding hydrogens is 672 g/mol. The van der Waals surface area contributed by atoms with Gasteiger partial charge in [0.15, 0.2) is 0 Å². The van der Waals surface area contributed by atoms with E-state index in [0.29, 0.717) is 0 Å². The van der Waals surface area contributed by atoms with Crippen LogP contribution < -0.4 is 9.62 Å². The van der Waals surface area contributed by atoms with Gasteiger partial charge >= 0.3 is 0 Å². The maximum Gasteiger partial charge on any atom is 0.264 e. The van der Waals surface area contributed by atoms with Crippen molar-refractivity contribution in [2.24, 2.45) is 0 Å². The third-order valence-corrected chi connectivity index (χ3v) is 11.1. The van der Waals surface area contributed by atoms with Crippen LogP contribution in [0.15, 0.2) is 102 Å². The van der Waals surface area contributed by atoms with Gasteiger partial charge in [0.2, 0.25) is 11.8 Å². The third-order valence-electron chi connectivity index (χ3n) is 8.60. The van der Waals surface area contributed by atoms with Crippen LogP contribution in [-0.4, -0.2) is 43.8 Å². The average molecular weight is 711 g/mol. The molecule has 1 unspecified atom stereocenters. The molecule has 0 bridgehead atoms. The number of rotatable bonds is 12. The fourth-order valence-electron chi connectivity index (χ4n) is 5.91. The van der Waals surface area contributed by atoms with E-state index in [-0.39, 0.29) is 51.1 Å². The first kappa shape index (κ1) is 35.4. The Labute approximate surface area is 291 Å². The monoisotopic (exact) mass is 709 g/mol. The van der Waals surface area contributed by atoms with Gasteiger partial charge in [-0.3, -0.25) is 13.9 Å². The summed E-state index contributed by atoms with van der Waals surface area (Å²) in [5, 5.41) is 3.46. The van der Waals surface area contributed by atoms with Crippen LogP contribution >= 0.6 is 23.2 Å². The molecule has 7 nitrogen and oxygen atoms in total. The summed E-state index contributed by atoms with van der Waals surface area (Å²) in [5.41, 5.74) is 1.95. The lowest BCUT2D eigenvalue weighted by atomic mass is 9.94. The molecule has 4 aromatic rings. The standard InChI is InChI=1S/C37H38Cl2FN3O4S/c1-26-16-19-31(20-17-26)48(46,47)43(30-18-21-32(38)33(39)23-30)25-36(44)42(24-28-12-8-9-15-34(28)40)35(22-27-10-4-2-5-11-27)37(45)41-29-13-6-3-7-14-29/h2,4-5,8-12,15-21,23,29,35H,3,6-7,13-14,22,24-25H2,1H3,(H,41,45). The van der Waals surface area contributed by atoms with Gasteiger partial charge in [0, 0.05) is 24.6 Å². The lowest BCUT2D eigenvalue weighted by Crippen LogP contribution is -2.55. The zero-order valence-electron chi connectivity index (χ0n) is 26.6. The maximum absolute atomic E-state index is 15.2. The molecule has 252 valence electrons. The zero-order valence-corrected chi connectivity index (χ0v) is 28.9. The molecule has 0 heterocycles. The van der Waals surface area contributed by atoms with E-state index in [1.54, 1.807) is 30.3 Å². The Morgan fingerprint density at radius 3 is 2.21 bits per heavy atom. The van der Waals surface area contributed by atoms with E-state index < -0.39 is 34.3 Å². The largest absolute Gasteiger partial charge is 0.352 e. The molecule has 1 saturated carbocycles. The van der Waals surface area contributed by atoms with Gasteiger partial charge in [-0.05, 0) is 61.7 Å². The third kappa shape index (κ3) is 8.75. The molecular formula is C37H38Cl2FN3O4S. The first-order valence-corrected chi connectivity index (χ1v) is 18.1. The second kappa shape index (κ2) is 16.0. The molecule has 1 atom stereocenters. The van der Waals surface area contributed by atoms with Crippen LogP contribution in [0, 0.1) is 12.7 Å². The fourth-order valence-corrected chi connectivity index (χ4v) is 7.61. The maximum atomic E-state index is 15.2. The molecule has 0 radical (unpaired) electrons. The summed E-state index contributed by atoms with van der Waals surface area (Å²) in [6, 6.07) is 24.7. The minimum atomic E-state index is -4.33. The van der Waals surface area contributed by atoms with Crippen LogP contribution in [0.25, 0.3) is 0 Å². The highest BCUT2D eigenvalue weighted by Crippen LogP contribution is 2.31. The number of nitrogens with one attached hydrogen (secondary N) is 1. The van der Waals surface area contributed by atoms with Crippen LogP contribution in [0.3, 0.4) is 0 Å². The molecule has 0 aromatic heterocycles. The summed E-state index contributed by atoms with van der Waals surface area (Å²) < 4.78 is 44.5. The first-order valence-electron chi connectivity index (χ1n) is 15.9. The number of nitrogens with zero attached hydrogens (tertiary/aromatic N) is 2. The summed E-state index contributed by atoms with van der Waals surface area (Å²) in [6.45, 7) is 0.883. The molecule has 1 aliphatic carbocycles. The van der Waals surface area contributed by atoms with Crippen LogP contribution in [0.2, 0.25) is 10.0 Å². The molecule has 1 N–H and O–H groups in total. The van der Waals surface area contributed by atoms with Gasteiger partial charge in [0.1, 0.15) is 18.4 Å². The van der Waals surface area contributed by atoms with Crippen molar-refractivity contribution in [2.75, 3.05) is 10.8 Å². The number of carbonyl (C=O) groups is 2. The van der Waals surface area contributed by atoms with Crippen molar-refractivity contribution in [3.05, 3.63) is 130 Å². The van der Waals surface area contributed by atoms with Crippen molar-refractivity contribution in [1.29, 1.82) is 0 Å². The average Bonchev–Trinajstić information content (AvgIpc) is 3.08. The number of benzene rings is 4. The predicted octanol–water partition coefficient (Wildman–Crippen LogP) is 7.73. The van der Waals surface area contributed by atoms with E-state index in [2.05, 4.69) is 5.32 Å². The van der Waals surface area contributed by atoms with Gasteiger partial charge in [-0.15, -0.1) is 0 Å². The Hall–Kier alpha value is -3.92. The van der Waals surface area contributed by atoms with Crippen molar-refractivity contribution in [3.8, 4) is 0 Å². The normalized spacial score (nSPS) is 14.2. The predicted molar refractivity (Wildman–Crippen MR) is 188 cm³/mol. The zero-order chi connectivity index (χ0) is 34.3. The van der Waals surface area contributed by atoms with Crippen LogP contribution in [0.5, 0.6) is 0 Å². The molecule has 48 heavy (non-hydrogen) atoms. The first-order chi connectivity index (χ1) is 23.0. The second-order valence-corrected chi connectivity index (χ2v) is 14.8. The van der Waals surface area contributed by atoms with E-state index in [0.717, 1.165) is 47.5 Å². The van der Waals surface area contributed by atoms with E-state index in [1.165, 1.54) is 41.3 Å². The Kier molecular flexibility index (Phi) is 11.8. The lowest BCUT2D eigenvalue weighted by molar-refractivity contribution is -0.140. The second-order valence-electron chi connectivity index (χ2n) is 12.1. The Balaban J connectivity index is 1.58.